The van der Waals surface area contributed by atoms with Crippen molar-refractivity contribution in [2.24, 2.45) is 5.92 Å². The third kappa shape index (κ3) is 6.78. The van der Waals surface area contributed by atoms with Gasteiger partial charge in [-0.05, 0) is 18.8 Å². The molecular weight excluding hydrogens is 164 g/mol. The molecule has 0 aromatic heterocycles. The summed E-state index contributed by atoms with van der Waals surface area (Å²) in [6, 6.07) is 0. The van der Waals surface area contributed by atoms with Gasteiger partial charge in [0.15, 0.2) is 0 Å². The lowest BCUT2D eigenvalue weighted by Gasteiger charge is -2.08. The van der Waals surface area contributed by atoms with Crippen LogP contribution in [0.25, 0.3) is 0 Å². The van der Waals surface area contributed by atoms with Gasteiger partial charge in [-0.2, -0.15) is 0 Å². The second-order valence-electron chi connectivity index (χ2n) is 3.45. The van der Waals surface area contributed by atoms with Crippen LogP contribution in [0.4, 0.5) is 0 Å². The fourth-order valence-electron chi connectivity index (χ4n) is 1.43. The van der Waals surface area contributed by atoms with Gasteiger partial charge in [-0.3, -0.25) is 0 Å². The minimum absolute atomic E-state index is 0.585. The van der Waals surface area contributed by atoms with Gasteiger partial charge in [-0.25, -0.2) is 0 Å². The van der Waals surface area contributed by atoms with Crippen molar-refractivity contribution in [2.75, 3.05) is 0 Å². The summed E-state index contributed by atoms with van der Waals surface area (Å²) in [6.45, 7) is 4.46. The minimum atomic E-state index is 0.585. The smallest absolute Gasteiger partial charge is 0.0325 e. The summed E-state index contributed by atoms with van der Waals surface area (Å²) in [4.78, 5) is 0. The van der Waals surface area contributed by atoms with Crippen LogP contribution in [-0.2, 0) is 0 Å². The van der Waals surface area contributed by atoms with E-state index in [-0.39, 0.29) is 0 Å². The molecule has 0 nitrogen and oxygen atoms in total. The quantitative estimate of drug-likeness (QED) is 0.402. The summed E-state index contributed by atoms with van der Waals surface area (Å²) < 4.78 is 0. The lowest BCUT2D eigenvalue weighted by molar-refractivity contribution is 0.528. The fraction of sp³-hybridized carbons (Fsp3) is 0.909. The maximum Gasteiger partial charge on any atom is 0.0325 e. The van der Waals surface area contributed by atoms with Gasteiger partial charge < -0.3 is 0 Å². The summed E-state index contributed by atoms with van der Waals surface area (Å²) in [5, 5.41) is 2.96. The van der Waals surface area contributed by atoms with E-state index in [0.29, 0.717) is 5.92 Å². The van der Waals surface area contributed by atoms with Gasteiger partial charge in [0.05, 0.1) is 0 Å². The molecule has 0 bridgehead atoms. The average molecular weight is 185 g/mol. The molecule has 0 rings (SSSR count). The first-order chi connectivity index (χ1) is 5.85. The SMILES string of the molecule is CCCCCCC([C]=S)CCC. The maximum atomic E-state index is 4.87. The molecule has 1 unspecified atom stereocenters. The number of thiocarbonyl (C=S) groups is 1. The standard InChI is InChI=1S/C11H21S/c1-3-5-6-7-9-11(10-12)8-4-2/h11H,3-9H2,1-2H3. The summed E-state index contributed by atoms with van der Waals surface area (Å²) in [5.74, 6) is 0.585. The van der Waals surface area contributed by atoms with Gasteiger partial charge in [0.25, 0.3) is 0 Å². The minimum Gasteiger partial charge on any atom is -0.0834 e. The van der Waals surface area contributed by atoms with Gasteiger partial charge in [0.1, 0.15) is 0 Å². The third-order valence-corrected chi connectivity index (χ3v) is 2.54. The Balaban J connectivity index is 3.25. The predicted molar refractivity (Wildman–Crippen MR) is 59.8 cm³/mol. The molecule has 0 saturated carbocycles. The Morgan fingerprint density at radius 1 is 1.00 bits per heavy atom. The highest BCUT2D eigenvalue weighted by Gasteiger charge is 2.02. The Morgan fingerprint density at radius 3 is 2.25 bits per heavy atom. The Bertz CT molecular complexity index is 99.2. The first kappa shape index (κ1) is 12.1. The molecule has 0 amide bonds. The number of hydrogen-bond acceptors (Lipinski definition) is 1. The van der Waals surface area contributed by atoms with Crippen LogP contribution in [0.3, 0.4) is 0 Å². The second-order valence-corrected chi connectivity index (χ2v) is 3.69. The lowest BCUT2D eigenvalue weighted by atomic mass is 9.98. The van der Waals surface area contributed by atoms with Crippen molar-refractivity contribution in [1.82, 2.24) is 0 Å². The first-order valence-corrected chi connectivity index (χ1v) is 5.63. The molecular formula is C11H21S. The van der Waals surface area contributed by atoms with E-state index in [9.17, 15) is 0 Å². The Hall–Kier alpha value is 0.0900. The topological polar surface area (TPSA) is 0 Å². The van der Waals surface area contributed by atoms with Crippen molar-refractivity contribution in [3.63, 3.8) is 0 Å². The number of rotatable bonds is 8. The first-order valence-electron chi connectivity index (χ1n) is 5.22. The summed E-state index contributed by atoms with van der Waals surface area (Å²) in [5.41, 5.74) is 0. The summed E-state index contributed by atoms with van der Waals surface area (Å²) in [7, 11) is 0. The van der Waals surface area contributed by atoms with Crippen LogP contribution in [-0.4, -0.2) is 5.37 Å². The van der Waals surface area contributed by atoms with Crippen LogP contribution >= 0.6 is 12.2 Å². The highest BCUT2D eigenvalue weighted by molar-refractivity contribution is 7.79. The molecule has 0 aromatic carbocycles. The summed E-state index contributed by atoms with van der Waals surface area (Å²) >= 11 is 4.87. The van der Waals surface area contributed by atoms with Crippen molar-refractivity contribution >= 4 is 17.6 Å². The Kier molecular flexibility index (Phi) is 9.25. The number of unbranched alkanes of at least 4 members (excludes halogenated alkanes) is 3. The Morgan fingerprint density at radius 2 is 1.75 bits per heavy atom. The van der Waals surface area contributed by atoms with Gasteiger partial charge in [0.2, 0.25) is 0 Å². The molecule has 0 saturated heterocycles. The highest BCUT2D eigenvalue weighted by Crippen LogP contribution is 2.14. The molecule has 1 heteroatoms. The van der Waals surface area contributed by atoms with E-state index in [1.807, 2.05) is 0 Å². The molecule has 1 radical (unpaired) electrons. The van der Waals surface area contributed by atoms with Gasteiger partial charge >= 0.3 is 0 Å². The van der Waals surface area contributed by atoms with Crippen molar-refractivity contribution in [3.05, 3.63) is 0 Å². The van der Waals surface area contributed by atoms with Crippen molar-refractivity contribution in [2.45, 2.75) is 58.8 Å². The van der Waals surface area contributed by atoms with Gasteiger partial charge in [0, 0.05) is 5.37 Å². The average Bonchev–Trinajstić information content (AvgIpc) is 2.10. The molecule has 71 valence electrons. The third-order valence-electron chi connectivity index (χ3n) is 2.21. The lowest BCUT2D eigenvalue weighted by Crippen LogP contribution is -1.99. The molecule has 0 heterocycles. The van der Waals surface area contributed by atoms with E-state index in [1.54, 1.807) is 0 Å². The van der Waals surface area contributed by atoms with E-state index < -0.39 is 0 Å². The van der Waals surface area contributed by atoms with Gasteiger partial charge in [-0.15, -0.1) is 0 Å². The molecule has 1 atom stereocenters. The Labute approximate surface area is 82.7 Å². The predicted octanol–water partition coefficient (Wildman–Crippen LogP) is 4.25. The molecule has 0 aromatic rings. The van der Waals surface area contributed by atoms with E-state index in [1.165, 1.54) is 44.9 Å². The zero-order chi connectivity index (χ0) is 9.23. The van der Waals surface area contributed by atoms with Crippen LogP contribution in [0.1, 0.15) is 58.8 Å². The zero-order valence-electron chi connectivity index (χ0n) is 8.44. The number of hydrogen-bond donors (Lipinski definition) is 0. The molecule has 0 N–H and O–H groups in total. The second kappa shape index (κ2) is 9.18. The van der Waals surface area contributed by atoms with Crippen LogP contribution in [0.15, 0.2) is 0 Å². The van der Waals surface area contributed by atoms with E-state index in [2.05, 4.69) is 19.2 Å². The van der Waals surface area contributed by atoms with Crippen molar-refractivity contribution in [3.8, 4) is 0 Å². The van der Waals surface area contributed by atoms with E-state index >= 15 is 0 Å². The normalized spacial score (nSPS) is 12.8. The molecule has 0 fully saturated rings. The van der Waals surface area contributed by atoms with Crippen LogP contribution in [0.2, 0.25) is 0 Å². The largest absolute Gasteiger partial charge is 0.0834 e. The summed E-state index contributed by atoms with van der Waals surface area (Å²) in [6.07, 6.45) is 9.13. The van der Waals surface area contributed by atoms with E-state index in [4.69, 9.17) is 12.2 Å². The van der Waals surface area contributed by atoms with Crippen LogP contribution < -0.4 is 0 Å². The van der Waals surface area contributed by atoms with Crippen LogP contribution in [0.5, 0.6) is 0 Å². The molecule has 0 aliphatic rings. The van der Waals surface area contributed by atoms with Gasteiger partial charge in [-0.1, -0.05) is 58.2 Å². The fourth-order valence-corrected chi connectivity index (χ4v) is 1.66. The monoisotopic (exact) mass is 185 g/mol. The molecule has 0 spiro atoms. The maximum absolute atomic E-state index is 4.87. The highest BCUT2D eigenvalue weighted by atomic mass is 32.1. The van der Waals surface area contributed by atoms with E-state index in [0.717, 1.165) is 0 Å². The van der Waals surface area contributed by atoms with Crippen LogP contribution in [0, 0.1) is 5.92 Å². The molecule has 12 heavy (non-hydrogen) atoms. The van der Waals surface area contributed by atoms with Crippen molar-refractivity contribution < 1.29 is 0 Å². The van der Waals surface area contributed by atoms with Crippen molar-refractivity contribution in [1.29, 1.82) is 0 Å². The zero-order valence-corrected chi connectivity index (χ0v) is 9.25. The molecule has 0 aliphatic carbocycles. The molecule has 0 aliphatic heterocycles.